The molecule has 0 saturated heterocycles. The predicted molar refractivity (Wildman–Crippen MR) is 100 cm³/mol. The number of carbonyl (C=O) groups is 2. The number of nitrogens with zero attached hydrogens (tertiary/aromatic N) is 2. The summed E-state index contributed by atoms with van der Waals surface area (Å²) in [6.07, 6.45) is 1.01. The molecule has 0 radical (unpaired) electrons. The molecule has 2 aromatic heterocycles. The molecule has 2 heterocycles. The molecule has 2 amide bonds. The van der Waals surface area contributed by atoms with Gasteiger partial charge in [-0.1, -0.05) is 0 Å². The number of thiazole rings is 1. The molecule has 0 fully saturated rings. The van der Waals surface area contributed by atoms with E-state index < -0.39 is 6.09 Å². The molecule has 8 heteroatoms. The number of aromatic nitrogens is 2. The van der Waals surface area contributed by atoms with E-state index in [4.69, 9.17) is 4.74 Å². The molecule has 0 spiro atoms. The molecule has 1 aromatic carbocycles. The number of rotatable bonds is 5. The van der Waals surface area contributed by atoms with Crippen molar-refractivity contribution >= 4 is 39.2 Å². The Bertz CT molecular complexity index is 955. The summed E-state index contributed by atoms with van der Waals surface area (Å²) in [7, 11) is 0. The van der Waals surface area contributed by atoms with Crippen LogP contribution in [0.4, 0.5) is 10.5 Å². The molecule has 0 bridgehead atoms. The fraction of sp³-hybridized carbons (Fsp3) is 0.222. The molecular formula is C18H18N4O3S. The minimum absolute atomic E-state index is 0.185. The van der Waals surface area contributed by atoms with Crippen molar-refractivity contribution in [3.8, 4) is 0 Å². The number of amides is 2. The molecule has 0 saturated carbocycles. The molecule has 0 aliphatic carbocycles. The lowest BCUT2D eigenvalue weighted by Gasteiger charge is -2.08. The highest BCUT2D eigenvalue weighted by atomic mass is 32.1. The van der Waals surface area contributed by atoms with E-state index in [2.05, 4.69) is 20.6 Å². The normalized spacial score (nSPS) is 10.5. The zero-order valence-corrected chi connectivity index (χ0v) is 15.2. The van der Waals surface area contributed by atoms with Gasteiger partial charge in [-0.05, 0) is 44.2 Å². The van der Waals surface area contributed by atoms with Gasteiger partial charge in [0, 0.05) is 17.4 Å². The topological polar surface area (TPSA) is 93.2 Å². The van der Waals surface area contributed by atoms with Gasteiger partial charge in [-0.2, -0.15) is 0 Å². The van der Waals surface area contributed by atoms with Crippen LogP contribution >= 0.6 is 11.3 Å². The van der Waals surface area contributed by atoms with E-state index in [0.717, 1.165) is 15.2 Å². The van der Waals surface area contributed by atoms with Gasteiger partial charge in [-0.25, -0.2) is 9.78 Å². The summed E-state index contributed by atoms with van der Waals surface area (Å²) < 4.78 is 5.88. The zero-order valence-electron chi connectivity index (χ0n) is 14.4. The van der Waals surface area contributed by atoms with Crippen molar-refractivity contribution in [3.63, 3.8) is 0 Å². The second-order valence-electron chi connectivity index (χ2n) is 5.48. The van der Waals surface area contributed by atoms with Crippen molar-refractivity contribution in [1.29, 1.82) is 0 Å². The second kappa shape index (κ2) is 7.92. The average Bonchev–Trinajstić information content (AvgIpc) is 3.00. The Morgan fingerprint density at radius 3 is 2.88 bits per heavy atom. The van der Waals surface area contributed by atoms with Gasteiger partial charge in [0.15, 0.2) is 0 Å². The van der Waals surface area contributed by atoms with E-state index in [1.54, 1.807) is 30.4 Å². The zero-order chi connectivity index (χ0) is 18.5. The molecule has 0 aliphatic rings. The van der Waals surface area contributed by atoms with E-state index in [9.17, 15) is 9.59 Å². The lowest BCUT2D eigenvalue weighted by Crippen LogP contribution is -2.24. The first-order chi connectivity index (χ1) is 12.5. The molecule has 26 heavy (non-hydrogen) atoms. The number of alkyl carbamates (subject to hydrolysis) is 1. The smallest absolute Gasteiger partial charge is 0.407 e. The third-order valence-electron chi connectivity index (χ3n) is 3.52. The van der Waals surface area contributed by atoms with Crippen LogP contribution in [0.1, 0.15) is 28.0 Å². The number of fused-ring (bicyclic) bond motifs is 1. The van der Waals surface area contributed by atoms with Gasteiger partial charge >= 0.3 is 6.09 Å². The predicted octanol–water partition coefficient (Wildman–Crippen LogP) is 3.50. The van der Waals surface area contributed by atoms with Crippen molar-refractivity contribution < 1.29 is 14.3 Å². The maximum atomic E-state index is 12.5. The number of hydrogen-bond acceptors (Lipinski definition) is 6. The van der Waals surface area contributed by atoms with Crippen LogP contribution in [0, 0.1) is 6.92 Å². The second-order valence-corrected chi connectivity index (χ2v) is 6.71. The summed E-state index contributed by atoms with van der Waals surface area (Å²) in [6, 6.07) is 8.89. The maximum absolute atomic E-state index is 12.5. The van der Waals surface area contributed by atoms with Gasteiger partial charge < -0.3 is 15.4 Å². The Labute approximate surface area is 154 Å². The lowest BCUT2D eigenvalue weighted by atomic mass is 10.2. The number of aryl methyl sites for hydroxylation is 1. The summed E-state index contributed by atoms with van der Waals surface area (Å²) >= 11 is 1.61. The number of hydrogen-bond donors (Lipinski definition) is 2. The summed E-state index contributed by atoms with van der Waals surface area (Å²) in [5.41, 5.74) is 2.56. The van der Waals surface area contributed by atoms with E-state index in [1.165, 1.54) is 6.20 Å². The van der Waals surface area contributed by atoms with E-state index in [0.29, 0.717) is 23.6 Å². The number of benzene rings is 1. The SMILES string of the molecule is CCOC(=O)NCc1cc(C(=O)Nc2ccc3sc(C)nc3c2)ccn1. The average molecular weight is 370 g/mol. The van der Waals surface area contributed by atoms with Crippen molar-refractivity contribution in [3.05, 3.63) is 52.8 Å². The number of nitrogens with one attached hydrogen (secondary N) is 2. The highest BCUT2D eigenvalue weighted by Gasteiger charge is 2.10. The van der Waals surface area contributed by atoms with E-state index in [-0.39, 0.29) is 12.5 Å². The van der Waals surface area contributed by atoms with Gasteiger partial charge in [-0.3, -0.25) is 9.78 Å². The Hall–Kier alpha value is -3.00. The quantitative estimate of drug-likeness (QED) is 0.717. The van der Waals surface area contributed by atoms with Crippen LogP contribution in [0.3, 0.4) is 0 Å². The first kappa shape index (κ1) is 17.8. The minimum Gasteiger partial charge on any atom is -0.450 e. The molecule has 3 rings (SSSR count). The third kappa shape index (κ3) is 4.34. The fourth-order valence-electron chi connectivity index (χ4n) is 2.38. The number of pyridine rings is 1. The molecule has 0 unspecified atom stereocenters. The monoisotopic (exact) mass is 370 g/mol. The third-order valence-corrected chi connectivity index (χ3v) is 4.47. The van der Waals surface area contributed by atoms with Crippen molar-refractivity contribution in [1.82, 2.24) is 15.3 Å². The number of carbonyl (C=O) groups excluding carboxylic acids is 2. The van der Waals surface area contributed by atoms with Crippen molar-refractivity contribution in [2.24, 2.45) is 0 Å². The van der Waals surface area contributed by atoms with Crippen molar-refractivity contribution in [2.75, 3.05) is 11.9 Å². The van der Waals surface area contributed by atoms with Crippen LogP contribution in [0.5, 0.6) is 0 Å². The van der Waals surface area contributed by atoms with E-state index in [1.807, 2.05) is 25.1 Å². The minimum atomic E-state index is -0.518. The Balaban J connectivity index is 1.68. The molecule has 2 N–H and O–H groups in total. The summed E-state index contributed by atoms with van der Waals surface area (Å²) in [6.45, 7) is 4.16. The van der Waals surface area contributed by atoms with Gasteiger partial charge in [0.2, 0.25) is 0 Å². The Morgan fingerprint density at radius 2 is 2.08 bits per heavy atom. The van der Waals surface area contributed by atoms with Crippen LogP contribution in [0.2, 0.25) is 0 Å². The fourth-order valence-corrected chi connectivity index (χ4v) is 3.19. The number of ether oxygens (including phenoxy) is 1. The molecule has 134 valence electrons. The Kier molecular flexibility index (Phi) is 5.43. The molecule has 7 nitrogen and oxygen atoms in total. The van der Waals surface area contributed by atoms with Gasteiger partial charge in [0.05, 0.1) is 34.1 Å². The van der Waals surface area contributed by atoms with Gasteiger partial charge in [0.25, 0.3) is 5.91 Å². The highest BCUT2D eigenvalue weighted by Crippen LogP contribution is 2.24. The van der Waals surface area contributed by atoms with Crippen LogP contribution in [-0.2, 0) is 11.3 Å². The maximum Gasteiger partial charge on any atom is 0.407 e. The highest BCUT2D eigenvalue weighted by molar-refractivity contribution is 7.18. The standard InChI is InChI=1S/C18H18N4O3S/c1-3-25-18(24)20-10-14-8-12(6-7-19-14)17(23)22-13-4-5-16-15(9-13)21-11(2)26-16/h4-9H,3,10H2,1-2H3,(H,20,24)(H,22,23). The van der Waals surface area contributed by atoms with Crippen LogP contribution in [-0.4, -0.2) is 28.6 Å². The molecule has 3 aromatic rings. The summed E-state index contributed by atoms with van der Waals surface area (Å²) in [5, 5.41) is 6.42. The van der Waals surface area contributed by atoms with Crippen LogP contribution in [0.25, 0.3) is 10.2 Å². The number of anilines is 1. The van der Waals surface area contributed by atoms with Gasteiger partial charge in [-0.15, -0.1) is 11.3 Å². The summed E-state index contributed by atoms with van der Waals surface area (Å²) in [4.78, 5) is 32.4. The molecule has 0 aliphatic heterocycles. The molecule has 0 atom stereocenters. The molecular weight excluding hydrogens is 352 g/mol. The lowest BCUT2D eigenvalue weighted by molar-refractivity contribution is 0.102. The first-order valence-electron chi connectivity index (χ1n) is 8.09. The van der Waals surface area contributed by atoms with Crippen LogP contribution < -0.4 is 10.6 Å². The first-order valence-corrected chi connectivity index (χ1v) is 8.91. The summed E-state index contributed by atoms with van der Waals surface area (Å²) in [5.74, 6) is -0.254. The Morgan fingerprint density at radius 1 is 1.23 bits per heavy atom. The van der Waals surface area contributed by atoms with E-state index >= 15 is 0 Å². The van der Waals surface area contributed by atoms with Gasteiger partial charge in [0.1, 0.15) is 0 Å². The largest absolute Gasteiger partial charge is 0.450 e. The van der Waals surface area contributed by atoms with Crippen LogP contribution in [0.15, 0.2) is 36.5 Å². The van der Waals surface area contributed by atoms with Crippen molar-refractivity contribution in [2.45, 2.75) is 20.4 Å².